The summed E-state index contributed by atoms with van der Waals surface area (Å²) >= 11 is 0. The molecule has 1 aromatic carbocycles. The molecule has 3 N–H and O–H groups in total. The van der Waals surface area contributed by atoms with E-state index < -0.39 is 33.9 Å². The second kappa shape index (κ2) is 6.67. The van der Waals surface area contributed by atoms with Crippen molar-refractivity contribution in [1.82, 2.24) is 14.9 Å². The molecule has 1 aromatic heterocycles. The molecule has 0 spiro atoms. The van der Waals surface area contributed by atoms with Gasteiger partial charge in [0, 0.05) is 31.3 Å². The molecule has 138 valence electrons. The van der Waals surface area contributed by atoms with Crippen LogP contribution in [0.5, 0.6) is 0 Å². The maximum atomic E-state index is 12.3. The molecular weight excluding hydrogens is 362 g/mol. The van der Waals surface area contributed by atoms with Crippen molar-refractivity contribution in [2.45, 2.75) is 6.42 Å². The third-order valence-corrected chi connectivity index (χ3v) is 3.82. The van der Waals surface area contributed by atoms with Crippen LogP contribution in [-0.2, 0) is 4.79 Å². The number of nitro benzene ring substituents is 1. The first-order chi connectivity index (χ1) is 12.8. The Bertz CT molecular complexity index is 1100. The van der Waals surface area contributed by atoms with Gasteiger partial charge in [-0.25, -0.2) is 4.79 Å². The number of aromatic amines is 2. The Hall–Kier alpha value is -4.09. The van der Waals surface area contributed by atoms with Crippen LogP contribution in [0.25, 0.3) is 0 Å². The van der Waals surface area contributed by atoms with Gasteiger partial charge in [0.15, 0.2) is 0 Å². The predicted octanol–water partition coefficient (Wildman–Crippen LogP) is -0.404. The highest BCUT2D eigenvalue weighted by Crippen LogP contribution is 2.26. The Morgan fingerprint density at radius 1 is 1.15 bits per heavy atom. The molecule has 0 fully saturated rings. The zero-order valence-electron chi connectivity index (χ0n) is 13.5. The van der Waals surface area contributed by atoms with E-state index in [0.29, 0.717) is 0 Å². The Morgan fingerprint density at radius 3 is 2.52 bits per heavy atom. The van der Waals surface area contributed by atoms with Gasteiger partial charge in [-0.2, -0.15) is 0 Å². The van der Waals surface area contributed by atoms with Gasteiger partial charge in [0.1, 0.15) is 5.69 Å². The van der Waals surface area contributed by atoms with Crippen molar-refractivity contribution in [3.8, 4) is 0 Å². The van der Waals surface area contributed by atoms with Gasteiger partial charge in [-0.05, 0) is 6.07 Å². The number of nitrogens with one attached hydrogen (secondary N) is 3. The van der Waals surface area contributed by atoms with Crippen LogP contribution in [-0.4, -0.2) is 44.1 Å². The number of rotatable bonds is 5. The summed E-state index contributed by atoms with van der Waals surface area (Å²) in [6, 6.07) is 3.31. The van der Waals surface area contributed by atoms with E-state index >= 15 is 0 Å². The number of nitrogens with zero attached hydrogens (tertiary/aromatic N) is 2. The Morgan fingerprint density at radius 2 is 1.85 bits per heavy atom. The predicted molar refractivity (Wildman–Crippen MR) is 89.4 cm³/mol. The summed E-state index contributed by atoms with van der Waals surface area (Å²) in [5.41, 5.74) is -2.16. The largest absolute Gasteiger partial charge is 0.325 e. The van der Waals surface area contributed by atoms with Crippen LogP contribution in [0, 0.1) is 10.1 Å². The number of imide groups is 1. The number of non-ortho nitro benzene ring substituents is 1. The highest BCUT2D eigenvalue weighted by atomic mass is 16.6. The summed E-state index contributed by atoms with van der Waals surface area (Å²) in [7, 11) is 0. The number of aromatic nitrogens is 2. The van der Waals surface area contributed by atoms with Crippen LogP contribution in [0.1, 0.15) is 27.1 Å². The van der Waals surface area contributed by atoms with Gasteiger partial charge in [-0.3, -0.25) is 39.2 Å². The van der Waals surface area contributed by atoms with Crippen LogP contribution < -0.4 is 16.6 Å². The fourth-order valence-electron chi connectivity index (χ4n) is 2.52. The van der Waals surface area contributed by atoms with Gasteiger partial charge in [0.2, 0.25) is 5.91 Å². The highest BCUT2D eigenvalue weighted by molar-refractivity contribution is 6.21. The molecule has 3 rings (SSSR count). The van der Waals surface area contributed by atoms with E-state index in [-0.39, 0.29) is 35.5 Å². The molecule has 2 aromatic rings. The lowest BCUT2D eigenvalue weighted by atomic mass is 10.1. The van der Waals surface area contributed by atoms with Gasteiger partial charge < -0.3 is 10.3 Å². The minimum absolute atomic E-state index is 0.0167. The van der Waals surface area contributed by atoms with E-state index in [4.69, 9.17) is 0 Å². The Labute approximate surface area is 149 Å². The number of H-pyrrole nitrogens is 2. The molecule has 0 saturated heterocycles. The van der Waals surface area contributed by atoms with E-state index in [1.54, 1.807) is 0 Å². The molecule has 3 amide bonds. The molecule has 0 saturated carbocycles. The molecular formula is C15H11N5O7. The van der Waals surface area contributed by atoms with Crippen LogP contribution in [0.4, 0.5) is 11.4 Å². The average Bonchev–Trinajstić information content (AvgIpc) is 2.86. The molecule has 12 heteroatoms. The zero-order chi connectivity index (χ0) is 19.7. The lowest BCUT2D eigenvalue weighted by molar-refractivity contribution is -0.384. The molecule has 1 aliphatic rings. The molecule has 27 heavy (non-hydrogen) atoms. The number of anilines is 1. The van der Waals surface area contributed by atoms with E-state index in [1.807, 2.05) is 4.98 Å². The summed E-state index contributed by atoms with van der Waals surface area (Å²) in [5.74, 6) is -2.08. The van der Waals surface area contributed by atoms with Gasteiger partial charge in [0.05, 0.1) is 16.1 Å². The number of carbonyl (C=O) groups is 3. The molecule has 0 unspecified atom stereocenters. The normalized spacial score (nSPS) is 12.8. The third-order valence-electron chi connectivity index (χ3n) is 3.82. The molecule has 0 radical (unpaired) electrons. The number of hydrogen-bond donors (Lipinski definition) is 3. The zero-order valence-corrected chi connectivity index (χ0v) is 13.5. The van der Waals surface area contributed by atoms with Crippen molar-refractivity contribution in [3.63, 3.8) is 0 Å². The van der Waals surface area contributed by atoms with Crippen LogP contribution >= 0.6 is 0 Å². The quantitative estimate of drug-likeness (QED) is 0.363. The first-order valence-corrected chi connectivity index (χ1v) is 7.54. The maximum Gasteiger partial charge on any atom is 0.325 e. The topological polar surface area (TPSA) is 175 Å². The van der Waals surface area contributed by atoms with Crippen molar-refractivity contribution in [3.05, 3.63) is 66.5 Å². The van der Waals surface area contributed by atoms with Crippen LogP contribution in [0.15, 0.2) is 34.0 Å². The fraction of sp³-hybridized carbons (Fsp3) is 0.133. The Balaban J connectivity index is 1.69. The lowest BCUT2D eigenvalue weighted by Crippen LogP contribution is -2.33. The number of carbonyl (C=O) groups excluding carboxylic acids is 3. The Kier molecular flexibility index (Phi) is 4.38. The van der Waals surface area contributed by atoms with E-state index in [0.717, 1.165) is 23.2 Å². The van der Waals surface area contributed by atoms with Crippen molar-refractivity contribution in [2.75, 3.05) is 11.9 Å². The monoisotopic (exact) mass is 373 g/mol. The van der Waals surface area contributed by atoms with E-state index in [2.05, 4.69) is 10.3 Å². The first kappa shape index (κ1) is 17.7. The van der Waals surface area contributed by atoms with Gasteiger partial charge in [-0.15, -0.1) is 0 Å². The average molecular weight is 373 g/mol. The minimum atomic E-state index is -0.805. The highest BCUT2D eigenvalue weighted by Gasteiger charge is 2.36. The van der Waals surface area contributed by atoms with Gasteiger partial charge in [-0.1, -0.05) is 0 Å². The SMILES string of the molecule is O=C(CCN1C(=O)c2ccc([N+](=O)[O-])cc2C1=O)Nc1c[nH]c(=O)[nH]c1=O. The minimum Gasteiger partial charge on any atom is -0.320 e. The first-order valence-electron chi connectivity index (χ1n) is 7.54. The molecule has 0 aliphatic carbocycles. The van der Waals surface area contributed by atoms with Crippen LogP contribution in [0.2, 0.25) is 0 Å². The number of fused-ring (bicyclic) bond motifs is 1. The van der Waals surface area contributed by atoms with Crippen molar-refractivity contribution >= 4 is 29.1 Å². The third kappa shape index (κ3) is 3.35. The number of benzene rings is 1. The number of hydrogen-bond acceptors (Lipinski definition) is 7. The van der Waals surface area contributed by atoms with E-state index in [9.17, 15) is 34.1 Å². The second-order valence-corrected chi connectivity index (χ2v) is 5.53. The summed E-state index contributed by atoms with van der Waals surface area (Å²) in [5, 5.41) is 13.0. The summed E-state index contributed by atoms with van der Waals surface area (Å²) in [4.78, 5) is 74.0. The molecule has 1 aliphatic heterocycles. The molecule has 2 heterocycles. The molecule has 0 atom stereocenters. The summed E-state index contributed by atoms with van der Waals surface area (Å²) < 4.78 is 0. The second-order valence-electron chi connectivity index (χ2n) is 5.53. The van der Waals surface area contributed by atoms with Crippen LogP contribution in [0.3, 0.4) is 0 Å². The standard InChI is InChI=1S/C15H11N5O7/c21-11(17-10-6-16-15(25)18-12(10)22)3-4-19-13(23)8-2-1-7(20(26)27)5-9(8)14(19)24/h1-2,5-6H,3-4H2,(H,17,21)(H2,16,18,22,25). The maximum absolute atomic E-state index is 12.3. The summed E-state index contributed by atoms with van der Waals surface area (Å²) in [6.07, 6.45) is 0.701. The molecule has 0 bridgehead atoms. The number of nitro groups is 1. The summed E-state index contributed by atoms with van der Waals surface area (Å²) in [6.45, 7) is -0.284. The number of amides is 3. The van der Waals surface area contributed by atoms with Crippen molar-refractivity contribution in [1.29, 1.82) is 0 Å². The fourth-order valence-corrected chi connectivity index (χ4v) is 2.52. The van der Waals surface area contributed by atoms with E-state index in [1.165, 1.54) is 6.07 Å². The van der Waals surface area contributed by atoms with Crippen molar-refractivity contribution < 1.29 is 19.3 Å². The lowest BCUT2D eigenvalue weighted by Gasteiger charge is -2.13. The van der Waals surface area contributed by atoms with Gasteiger partial charge >= 0.3 is 5.69 Å². The van der Waals surface area contributed by atoms with Crippen molar-refractivity contribution in [2.24, 2.45) is 0 Å². The molecule has 12 nitrogen and oxygen atoms in total. The smallest absolute Gasteiger partial charge is 0.320 e. The van der Waals surface area contributed by atoms with Gasteiger partial charge in [0.25, 0.3) is 23.1 Å².